The summed E-state index contributed by atoms with van der Waals surface area (Å²) in [4.78, 5) is 17.1. The number of rotatable bonds is 4. The molecular formula is C20H23N5O2. The molecule has 7 nitrogen and oxygen atoms in total. The van der Waals surface area contributed by atoms with Crippen molar-refractivity contribution >= 4 is 11.4 Å². The van der Waals surface area contributed by atoms with Gasteiger partial charge in [-0.2, -0.15) is 14.8 Å². The first-order chi connectivity index (χ1) is 13.1. The number of ether oxygens (including phenoxy) is 1. The first-order valence-electron chi connectivity index (χ1n) is 9.31. The molecule has 1 aliphatic rings. The minimum atomic E-state index is -0.0806. The van der Waals surface area contributed by atoms with Gasteiger partial charge >= 0.3 is 0 Å². The van der Waals surface area contributed by atoms with Gasteiger partial charge in [-0.15, -0.1) is 0 Å². The van der Waals surface area contributed by atoms with Crippen LogP contribution in [0.25, 0.3) is 5.52 Å². The Hall–Kier alpha value is -2.96. The summed E-state index contributed by atoms with van der Waals surface area (Å²) < 4.78 is 7.60. The molecule has 0 bridgehead atoms. The molecule has 0 spiro atoms. The molecule has 7 heteroatoms. The molecule has 1 saturated carbocycles. The first kappa shape index (κ1) is 17.5. The summed E-state index contributed by atoms with van der Waals surface area (Å²) in [7, 11) is 0. The van der Waals surface area contributed by atoms with Gasteiger partial charge in [0.1, 0.15) is 11.3 Å². The van der Waals surface area contributed by atoms with Crippen molar-refractivity contribution < 1.29 is 9.53 Å². The van der Waals surface area contributed by atoms with Crippen molar-refractivity contribution in [1.82, 2.24) is 25.1 Å². The molecular weight excluding hydrogens is 342 g/mol. The van der Waals surface area contributed by atoms with E-state index in [0.717, 1.165) is 42.6 Å². The summed E-state index contributed by atoms with van der Waals surface area (Å²) in [5, 5.41) is 11.6. The third-order valence-electron chi connectivity index (χ3n) is 5.08. The number of carbonyl (C=O) groups is 1. The molecule has 1 N–H and O–H groups in total. The fourth-order valence-electron chi connectivity index (χ4n) is 3.64. The van der Waals surface area contributed by atoms with Crippen molar-refractivity contribution in [2.24, 2.45) is 0 Å². The molecule has 3 aromatic heterocycles. The zero-order valence-electron chi connectivity index (χ0n) is 15.6. The average molecular weight is 365 g/mol. The van der Waals surface area contributed by atoms with E-state index in [2.05, 4.69) is 20.5 Å². The predicted molar refractivity (Wildman–Crippen MR) is 101 cm³/mol. The molecule has 0 aromatic carbocycles. The molecule has 0 radical (unpaired) electrons. The zero-order chi connectivity index (χ0) is 18.8. The summed E-state index contributed by atoms with van der Waals surface area (Å²) in [6.07, 6.45) is 7.21. The van der Waals surface area contributed by atoms with Gasteiger partial charge in [0.25, 0.3) is 5.91 Å². The van der Waals surface area contributed by atoms with Crippen LogP contribution in [0.4, 0.5) is 0 Å². The van der Waals surface area contributed by atoms with E-state index >= 15 is 0 Å². The third-order valence-corrected chi connectivity index (χ3v) is 5.08. The molecule has 1 aliphatic carbocycles. The number of hydrogen-bond donors (Lipinski definition) is 1. The largest absolute Gasteiger partial charge is 0.489 e. The number of nitrogens with one attached hydrogen (secondary N) is 1. The van der Waals surface area contributed by atoms with Crippen LogP contribution >= 0.6 is 0 Å². The van der Waals surface area contributed by atoms with Crippen LogP contribution in [-0.2, 0) is 0 Å². The summed E-state index contributed by atoms with van der Waals surface area (Å²) in [5.74, 6) is 0.766. The standard InChI is InChI=1S/C20H23N5O2/c1-13-18(6-4-11-21-13)27-16-9-7-15(8-10-16)23-20(26)19-14(2)24-25-17(19)5-3-12-22-25/h3-6,11-12,15-16H,7-10H2,1-2H3,(H,23,26). The second-order valence-corrected chi connectivity index (χ2v) is 7.01. The van der Waals surface area contributed by atoms with E-state index in [1.54, 1.807) is 12.4 Å². The van der Waals surface area contributed by atoms with Crippen molar-refractivity contribution in [3.63, 3.8) is 0 Å². The molecule has 1 fully saturated rings. The van der Waals surface area contributed by atoms with E-state index in [1.807, 2.05) is 38.1 Å². The summed E-state index contributed by atoms with van der Waals surface area (Å²) in [6.45, 7) is 3.79. The number of carbonyl (C=O) groups excluding carboxylic acids is 1. The Balaban J connectivity index is 1.37. The topological polar surface area (TPSA) is 81.4 Å². The van der Waals surface area contributed by atoms with Gasteiger partial charge < -0.3 is 10.1 Å². The molecule has 27 heavy (non-hydrogen) atoms. The smallest absolute Gasteiger partial charge is 0.255 e. The number of hydrogen-bond acceptors (Lipinski definition) is 5. The van der Waals surface area contributed by atoms with Crippen molar-refractivity contribution in [3.8, 4) is 5.75 Å². The zero-order valence-corrected chi connectivity index (χ0v) is 15.6. The summed E-state index contributed by atoms with van der Waals surface area (Å²) >= 11 is 0. The van der Waals surface area contributed by atoms with Gasteiger partial charge in [0.15, 0.2) is 0 Å². The lowest BCUT2D eigenvalue weighted by atomic mass is 9.92. The fourth-order valence-corrected chi connectivity index (χ4v) is 3.64. The molecule has 0 unspecified atom stereocenters. The monoisotopic (exact) mass is 365 g/mol. The molecule has 3 heterocycles. The Morgan fingerprint density at radius 2 is 1.89 bits per heavy atom. The quantitative estimate of drug-likeness (QED) is 0.769. The number of fused-ring (bicyclic) bond motifs is 1. The normalized spacial score (nSPS) is 19.8. The van der Waals surface area contributed by atoms with Gasteiger partial charge in [-0.25, -0.2) is 0 Å². The maximum Gasteiger partial charge on any atom is 0.255 e. The molecule has 4 rings (SSSR count). The van der Waals surface area contributed by atoms with E-state index < -0.39 is 0 Å². The number of aryl methyl sites for hydroxylation is 2. The van der Waals surface area contributed by atoms with Crippen molar-refractivity contribution in [2.75, 3.05) is 0 Å². The van der Waals surface area contributed by atoms with Crippen LogP contribution in [0, 0.1) is 13.8 Å². The van der Waals surface area contributed by atoms with E-state index in [9.17, 15) is 4.79 Å². The molecule has 1 amide bonds. The van der Waals surface area contributed by atoms with Crippen LogP contribution in [0.15, 0.2) is 36.7 Å². The lowest BCUT2D eigenvalue weighted by molar-refractivity contribution is 0.0894. The van der Waals surface area contributed by atoms with E-state index in [0.29, 0.717) is 11.3 Å². The second kappa shape index (κ2) is 7.34. The van der Waals surface area contributed by atoms with Crippen LogP contribution < -0.4 is 10.1 Å². The van der Waals surface area contributed by atoms with E-state index in [1.165, 1.54) is 4.63 Å². The number of amides is 1. The molecule has 3 aromatic rings. The van der Waals surface area contributed by atoms with Crippen LogP contribution in [0.5, 0.6) is 5.75 Å². The highest BCUT2D eigenvalue weighted by Crippen LogP contribution is 2.25. The second-order valence-electron chi connectivity index (χ2n) is 7.01. The summed E-state index contributed by atoms with van der Waals surface area (Å²) in [5.41, 5.74) is 2.93. The Morgan fingerprint density at radius 1 is 1.11 bits per heavy atom. The molecule has 0 aliphatic heterocycles. The highest BCUT2D eigenvalue weighted by molar-refractivity contribution is 6.02. The highest BCUT2D eigenvalue weighted by atomic mass is 16.5. The Kier molecular flexibility index (Phi) is 4.75. The van der Waals surface area contributed by atoms with Crippen molar-refractivity contribution in [3.05, 3.63) is 53.6 Å². The maximum atomic E-state index is 12.8. The lowest BCUT2D eigenvalue weighted by Crippen LogP contribution is -2.40. The van der Waals surface area contributed by atoms with Gasteiger partial charge in [0, 0.05) is 18.4 Å². The van der Waals surface area contributed by atoms with Crippen LogP contribution in [0.2, 0.25) is 0 Å². The van der Waals surface area contributed by atoms with Gasteiger partial charge in [0.05, 0.1) is 23.1 Å². The van der Waals surface area contributed by atoms with Gasteiger partial charge in [-0.1, -0.05) is 0 Å². The van der Waals surface area contributed by atoms with Crippen molar-refractivity contribution in [1.29, 1.82) is 0 Å². The molecule has 0 saturated heterocycles. The molecule has 140 valence electrons. The highest BCUT2D eigenvalue weighted by Gasteiger charge is 2.26. The number of nitrogens with zero attached hydrogens (tertiary/aromatic N) is 4. The minimum Gasteiger partial charge on any atom is -0.489 e. The number of aromatic nitrogens is 4. The predicted octanol–water partition coefficient (Wildman–Crippen LogP) is 2.86. The Bertz CT molecular complexity index is 960. The third kappa shape index (κ3) is 3.63. The fraction of sp³-hybridized carbons (Fsp3) is 0.400. The number of pyridine rings is 1. The minimum absolute atomic E-state index is 0.0806. The van der Waals surface area contributed by atoms with Crippen LogP contribution in [0.1, 0.15) is 47.4 Å². The molecule has 0 atom stereocenters. The first-order valence-corrected chi connectivity index (χ1v) is 9.31. The van der Waals surface area contributed by atoms with Crippen molar-refractivity contribution in [2.45, 2.75) is 51.7 Å². The van der Waals surface area contributed by atoms with E-state index in [4.69, 9.17) is 4.74 Å². The van der Waals surface area contributed by atoms with E-state index in [-0.39, 0.29) is 18.1 Å². The summed E-state index contributed by atoms with van der Waals surface area (Å²) in [6, 6.07) is 7.68. The Labute approximate surface area is 157 Å². The SMILES string of the molecule is Cc1ncccc1OC1CCC(NC(=O)c2c(C)nn3ncccc23)CC1. The maximum absolute atomic E-state index is 12.8. The average Bonchev–Trinajstić information content (AvgIpc) is 3.01. The van der Waals surface area contributed by atoms with Gasteiger partial charge in [-0.3, -0.25) is 9.78 Å². The van der Waals surface area contributed by atoms with Gasteiger partial charge in [-0.05, 0) is 63.8 Å². The van der Waals surface area contributed by atoms with Gasteiger partial charge in [0.2, 0.25) is 0 Å². The van der Waals surface area contributed by atoms with Crippen LogP contribution in [0.3, 0.4) is 0 Å². The Morgan fingerprint density at radius 3 is 2.67 bits per heavy atom. The lowest BCUT2D eigenvalue weighted by Gasteiger charge is -2.29. The van der Waals surface area contributed by atoms with Crippen LogP contribution in [-0.4, -0.2) is 37.9 Å².